The Labute approximate surface area is 154 Å². The molecule has 0 saturated carbocycles. The summed E-state index contributed by atoms with van der Waals surface area (Å²) >= 11 is 1.22. The maximum atomic E-state index is 12.1. The predicted molar refractivity (Wildman–Crippen MR) is 102 cm³/mol. The number of rotatable bonds is 5. The monoisotopic (exact) mass is 367 g/mol. The van der Waals surface area contributed by atoms with Crippen LogP contribution in [0.25, 0.3) is 10.4 Å². The van der Waals surface area contributed by atoms with Crippen molar-refractivity contribution in [2.45, 2.75) is 13.5 Å². The van der Waals surface area contributed by atoms with Crippen LogP contribution in [-0.4, -0.2) is 17.2 Å². The van der Waals surface area contributed by atoms with Crippen molar-refractivity contribution in [1.82, 2.24) is 0 Å². The fraction of sp³-hybridized carbons (Fsp3) is 0.100. The molecule has 0 aliphatic heterocycles. The van der Waals surface area contributed by atoms with Crippen LogP contribution < -0.4 is 5.32 Å². The van der Waals surface area contributed by atoms with E-state index in [1.54, 1.807) is 6.92 Å². The number of ether oxygens (including phenoxy) is 1. The van der Waals surface area contributed by atoms with Gasteiger partial charge in [-0.15, -0.1) is 11.3 Å². The molecule has 1 heterocycles. The van der Waals surface area contributed by atoms with Crippen molar-refractivity contribution in [2.75, 3.05) is 5.32 Å². The largest absolute Gasteiger partial charge is 0.478 e. The van der Waals surface area contributed by atoms with Gasteiger partial charge in [0.05, 0.1) is 5.56 Å². The highest BCUT2D eigenvalue weighted by atomic mass is 32.1. The van der Waals surface area contributed by atoms with Crippen LogP contribution in [-0.2, 0) is 11.3 Å². The van der Waals surface area contributed by atoms with Crippen LogP contribution in [0.15, 0.2) is 60.7 Å². The number of thiophene rings is 1. The number of nitrogens with one attached hydrogen (secondary N) is 1. The third-order valence-corrected chi connectivity index (χ3v) is 5.08. The summed E-state index contributed by atoms with van der Waals surface area (Å²) in [7, 11) is 0. The highest BCUT2D eigenvalue weighted by molar-refractivity contribution is 7.20. The highest BCUT2D eigenvalue weighted by Crippen LogP contribution is 2.39. The second-order valence-electron chi connectivity index (χ2n) is 5.62. The Morgan fingerprint density at radius 2 is 1.65 bits per heavy atom. The summed E-state index contributed by atoms with van der Waals surface area (Å²) in [5.74, 6) is -1.08. The maximum Gasteiger partial charge on any atom is 0.412 e. The van der Waals surface area contributed by atoms with E-state index >= 15 is 0 Å². The molecule has 3 aromatic rings. The van der Waals surface area contributed by atoms with Crippen molar-refractivity contribution in [2.24, 2.45) is 0 Å². The zero-order valence-electron chi connectivity index (χ0n) is 14.1. The minimum Gasteiger partial charge on any atom is -0.478 e. The molecule has 0 radical (unpaired) electrons. The van der Waals surface area contributed by atoms with Gasteiger partial charge in [0.2, 0.25) is 0 Å². The molecule has 0 fully saturated rings. The average molecular weight is 367 g/mol. The summed E-state index contributed by atoms with van der Waals surface area (Å²) in [5.41, 5.74) is 2.47. The lowest BCUT2D eigenvalue weighted by atomic mass is 10.1. The first kappa shape index (κ1) is 17.7. The Hall–Kier alpha value is -3.12. The van der Waals surface area contributed by atoms with Crippen LogP contribution in [0.4, 0.5) is 9.80 Å². The van der Waals surface area contributed by atoms with Gasteiger partial charge in [0, 0.05) is 4.88 Å². The molecule has 6 heteroatoms. The molecule has 26 heavy (non-hydrogen) atoms. The molecular weight excluding hydrogens is 350 g/mol. The lowest BCUT2D eigenvalue weighted by Gasteiger charge is -2.06. The van der Waals surface area contributed by atoms with Crippen LogP contribution in [0.3, 0.4) is 0 Å². The molecule has 1 amide bonds. The van der Waals surface area contributed by atoms with E-state index in [4.69, 9.17) is 4.74 Å². The number of carboxylic acid groups (broad SMARTS) is 1. The van der Waals surface area contributed by atoms with Crippen molar-refractivity contribution in [3.05, 3.63) is 77.4 Å². The standard InChI is InChI=1S/C20H17NO4S/c1-13-16(19(22)23)18(26-17(13)15-10-6-3-7-11-15)21-20(24)25-12-14-8-4-2-5-9-14/h2-11H,12H2,1H3,(H,21,24)(H,22,23). The number of benzene rings is 2. The Morgan fingerprint density at radius 3 is 2.27 bits per heavy atom. The van der Waals surface area contributed by atoms with Gasteiger partial charge < -0.3 is 9.84 Å². The molecule has 0 spiro atoms. The molecule has 0 aliphatic rings. The molecule has 0 aliphatic carbocycles. The number of carboxylic acids is 1. The molecular formula is C20H17NO4S. The predicted octanol–water partition coefficient (Wildman–Crippen LogP) is 5.17. The fourth-order valence-electron chi connectivity index (χ4n) is 2.58. The first-order chi connectivity index (χ1) is 12.6. The van der Waals surface area contributed by atoms with Crippen molar-refractivity contribution >= 4 is 28.4 Å². The van der Waals surface area contributed by atoms with E-state index < -0.39 is 12.1 Å². The van der Waals surface area contributed by atoms with Crippen LogP contribution in [0.5, 0.6) is 0 Å². The van der Waals surface area contributed by atoms with Crippen molar-refractivity contribution in [3.8, 4) is 10.4 Å². The summed E-state index contributed by atoms with van der Waals surface area (Å²) < 4.78 is 5.19. The van der Waals surface area contributed by atoms with Gasteiger partial charge in [0.15, 0.2) is 0 Å². The van der Waals surface area contributed by atoms with Crippen LogP contribution in [0.2, 0.25) is 0 Å². The minimum atomic E-state index is -1.08. The van der Waals surface area contributed by atoms with Gasteiger partial charge in [0.1, 0.15) is 11.6 Å². The smallest absolute Gasteiger partial charge is 0.412 e. The van der Waals surface area contributed by atoms with E-state index in [-0.39, 0.29) is 17.2 Å². The average Bonchev–Trinajstić information content (AvgIpc) is 2.97. The SMILES string of the molecule is Cc1c(-c2ccccc2)sc(NC(=O)OCc2ccccc2)c1C(=O)O. The summed E-state index contributed by atoms with van der Waals surface area (Å²) in [5, 5.41) is 12.4. The van der Waals surface area contributed by atoms with Crippen molar-refractivity contribution < 1.29 is 19.4 Å². The van der Waals surface area contributed by atoms with E-state index in [1.807, 2.05) is 60.7 Å². The lowest BCUT2D eigenvalue weighted by molar-refractivity contribution is 0.0698. The fourth-order valence-corrected chi connectivity index (χ4v) is 3.77. The number of amides is 1. The molecule has 5 nitrogen and oxygen atoms in total. The molecule has 0 unspecified atom stereocenters. The van der Waals surface area contributed by atoms with Gasteiger partial charge in [0.25, 0.3) is 0 Å². The summed E-state index contributed by atoms with van der Waals surface area (Å²) in [6.07, 6.45) is -0.683. The van der Waals surface area contributed by atoms with Crippen LogP contribution >= 0.6 is 11.3 Å². The van der Waals surface area contributed by atoms with Gasteiger partial charge in [-0.3, -0.25) is 5.32 Å². The highest BCUT2D eigenvalue weighted by Gasteiger charge is 2.23. The molecule has 0 bridgehead atoms. The molecule has 2 N–H and O–H groups in total. The Balaban J connectivity index is 1.80. The normalized spacial score (nSPS) is 10.3. The number of aromatic carboxylic acids is 1. The Morgan fingerprint density at radius 1 is 1.04 bits per heavy atom. The van der Waals surface area contributed by atoms with E-state index in [0.717, 1.165) is 16.0 Å². The number of carbonyl (C=O) groups excluding carboxylic acids is 1. The summed E-state index contributed by atoms with van der Waals surface area (Å²) in [4.78, 5) is 24.6. The summed E-state index contributed by atoms with van der Waals surface area (Å²) in [6.45, 7) is 1.85. The first-order valence-electron chi connectivity index (χ1n) is 7.96. The third-order valence-electron chi connectivity index (χ3n) is 3.82. The lowest BCUT2D eigenvalue weighted by Crippen LogP contribution is -2.14. The quantitative estimate of drug-likeness (QED) is 0.652. The van der Waals surface area contributed by atoms with Gasteiger partial charge in [-0.05, 0) is 23.6 Å². The Kier molecular flexibility index (Phi) is 5.34. The van der Waals surface area contributed by atoms with E-state index in [0.29, 0.717) is 5.56 Å². The number of carbonyl (C=O) groups is 2. The maximum absolute atomic E-state index is 12.1. The van der Waals surface area contributed by atoms with Crippen molar-refractivity contribution in [1.29, 1.82) is 0 Å². The molecule has 2 aromatic carbocycles. The molecule has 0 atom stereocenters. The van der Waals surface area contributed by atoms with E-state index in [1.165, 1.54) is 11.3 Å². The number of anilines is 1. The summed E-state index contributed by atoms with van der Waals surface area (Å²) in [6, 6.07) is 18.8. The number of hydrogen-bond acceptors (Lipinski definition) is 4. The van der Waals surface area contributed by atoms with Crippen molar-refractivity contribution in [3.63, 3.8) is 0 Å². The first-order valence-corrected chi connectivity index (χ1v) is 8.77. The van der Waals surface area contributed by atoms with Gasteiger partial charge in [-0.2, -0.15) is 0 Å². The van der Waals surface area contributed by atoms with Gasteiger partial charge in [-0.1, -0.05) is 60.7 Å². The van der Waals surface area contributed by atoms with E-state index in [2.05, 4.69) is 5.32 Å². The second-order valence-corrected chi connectivity index (χ2v) is 6.64. The zero-order chi connectivity index (χ0) is 18.5. The third kappa shape index (κ3) is 3.92. The number of hydrogen-bond donors (Lipinski definition) is 2. The van der Waals surface area contributed by atoms with Crippen LogP contribution in [0, 0.1) is 6.92 Å². The molecule has 0 saturated heterocycles. The molecule has 132 valence electrons. The Bertz CT molecular complexity index is 920. The van der Waals surface area contributed by atoms with Gasteiger partial charge in [-0.25, -0.2) is 9.59 Å². The topological polar surface area (TPSA) is 75.6 Å². The van der Waals surface area contributed by atoms with E-state index in [9.17, 15) is 14.7 Å². The van der Waals surface area contributed by atoms with Crippen LogP contribution in [0.1, 0.15) is 21.5 Å². The molecule has 3 rings (SSSR count). The zero-order valence-corrected chi connectivity index (χ0v) is 14.9. The van der Waals surface area contributed by atoms with Gasteiger partial charge >= 0.3 is 12.1 Å². The second kappa shape index (κ2) is 7.84. The minimum absolute atomic E-state index is 0.0884. The molecule has 1 aromatic heterocycles.